The molecular formula is C19H23N3. The van der Waals surface area contributed by atoms with Gasteiger partial charge in [0, 0.05) is 16.9 Å². The Morgan fingerprint density at radius 2 is 1.59 bits per heavy atom. The quantitative estimate of drug-likeness (QED) is 0.498. The van der Waals surface area contributed by atoms with Crippen LogP contribution < -0.4 is 11.1 Å². The van der Waals surface area contributed by atoms with Crippen molar-refractivity contribution in [3.8, 4) is 0 Å². The summed E-state index contributed by atoms with van der Waals surface area (Å²) in [5, 5.41) is 3.45. The average molecular weight is 293 g/mol. The van der Waals surface area contributed by atoms with Crippen molar-refractivity contribution in [2.45, 2.75) is 38.1 Å². The summed E-state index contributed by atoms with van der Waals surface area (Å²) in [6.07, 6.45) is 6.23. The maximum atomic E-state index is 6.16. The van der Waals surface area contributed by atoms with Gasteiger partial charge in [-0.1, -0.05) is 49.6 Å². The second-order valence-corrected chi connectivity index (χ2v) is 5.85. The summed E-state index contributed by atoms with van der Waals surface area (Å²) in [5.74, 6) is 0.885. The lowest BCUT2D eigenvalue weighted by atomic mass is 9.96. The third-order valence-corrected chi connectivity index (χ3v) is 4.14. The first-order valence-electron chi connectivity index (χ1n) is 8.08. The highest BCUT2D eigenvalue weighted by molar-refractivity contribution is 6.11. The number of benzene rings is 2. The lowest BCUT2D eigenvalue weighted by molar-refractivity contribution is 0.443. The molecule has 0 heterocycles. The molecule has 0 radical (unpaired) electrons. The SMILES string of the molecule is Nc1ccccc1C(=NC1CCCCC1)Nc1ccccc1. The van der Waals surface area contributed by atoms with E-state index in [1.165, 1.54) is 32.1 Å². The zero-order chi connectivity index (χ0) is 15.2. The fourth-order valence-corrected chi connectivity index (χ4v) is 2.93. The van der Waals surface area contributed by atoms with E-state index in [1.54, 1.807) is 0 Å². The maximum Gasteiger partial charge on any atom is 0.135 e. The first-order valence-corrected chi connectivity index (χ1v) is 8.08. The lowest BCUT2D eigenvalue weighted by Crippen LogP contribution is -2.20. The summed E-state index contributed by atoms with van der Waals surface area (Å²) in [6, 6.07) is 18.5. The van der Waals surface area contributed by atoms with Crippen LogP contribution in [0.2, 0.25) is 0 Å². The van der Waals surface area contributed by atoms with E-state index in [1.807, 2.05) is 42.5 Å². The minimum Gasteiger partial charge on any atom is -0.398 e. The Kier molecular flexibility index (Phi) is 4.74. The van der Waals surface area contributed by atoms with Crippen LogP contribution in [0.15, 0.2) is 59.6 Å². The minimum absolute atomic E-state index is 0.402. The van der Waals surface area contributed by atoms with Crippen molar-refractivity contribution in [3.63, 3.8) is 0 Å². The summed E-state index contributed by atoms with van der Waals surface area (Å²) < 4.78 is 0. The van der Waals surface area contributed by atoms with E-state index in [4.69, 9.17) is 10.7 Å². The van der Waals surface area contributed by atoms with Crippen molar-refractivity contribution in [2.75, 3.05) is 11.1 Å². The molecule has 0 amide bonds. The second kappa shape index (κ2) is 7.12. The van der Waals surface area contributed by atoms with Crippen molar-refractivity contribution in [2.24, 2.45) is 4.99 Å². The smallest absolute Gasteiger partial charge is 0.135 e. The lowest BCUT2D eigenvalue weighted by Gasteiger charge is -2.20. The number of amidine groups is 1. The Morgan fingerprint density at radius 3 is 2.32 bits per heavy atom. The monoisotopic (exact) mass is 293 g/mol. The van der Waals surface area contributed by atoms with Gasteiger partial charge in [-0.05, 0) is 37.1 Å². The molecule has 0 saturated heterocycles. The van der Waals surface area contributed by atoms with Crippen molar-refractivity contribution in [1.82, 2.24) is 0 Å². The van der Waals surface area contributed by atoms with E-state index < -0.39 is 0 Å². The molecular weight excluding hydrogens is 270 g/mol. The van der Waals surface area contributed by atoms with Crippen LogP contribution in [0.4, 0.5) is 11.4 Å². The number of anilines is 2. The van der Waals surface area contributed by atoms with Gasteiger partial charge in [-0.15, -0.1) is 0 Å². The Labute approximate surface area is 132 Å². The second-order valence-electron chi connectivity index (χ2n) is 5.85. The molecule has 3 heteroatoms. The number of para-hydroxylation sites is 2. The van der Waals surface area contributed by atoms with Gasteiger partial charge in [0.15, 0.2) is 0 Å². The molecule has 0 spiro atoms. The third-order valence-electron chi connectivity index (χ3n) is 4.14. The van der Waals surface area contributed by atoms with E-state index >= 15 is 0 Å². The predicted molar refractivity (Wildman–Crippen MR) is 94.3 cm³/mol. The maximum absolute atomic E-state index is 6.16. The van der Waals surface area contributed by atoms with Crippen LogP contribution in [-0.4, -0.2) is 11.9 Å². The molecule has 0 unspecified atom stereocenters. The number of nitrogens with zero attached hydrogens (tertiary/aromatic N) is 1. The normalized spacial score (nSPS) is 16.5. The molecule has 0 aliphatic heterocycles. The van der Waals surface area contributed by atoms with Gasteiger partial charge >= 0.3 is 0 Å². The van der Waals surface area contributed by atoms with Crippen LogP contribution in [0.5, 0.6) is 0 Å². The number of aliphatic imine (C=N–C) groups is 1. The van der Waals surface area contributed by atoms with Gasteiger partial charge in [0.25, 0.3) is 0 Å². The Bertz CT molecular complexity index is 628. The molecule has 1 saturated carbocycles. The van der Waals surface area contributed by atoms with E-state index in [9.17, 15) is 0 Å². The molecule has 0 aromatic heterocycles. The topological polar surface area (TPSA) is 50.4 Å². The summed E-state index contributed by atoms with van der Waals surface area (Å²) in [5.41, 5.74) is 8.95. The molecule has 1 aliphatic carbocycles. The number of hydrogen-bond donors (Lipinski definition) is 2. The Balaban J connectivity index is 1.91. The van der Waals surface area contributed by atoms with Gasteiger partial charge in [0.05, 0.1) is 6.04 Å². The molecule has 0 bridgehead atoms. The van der Waals surface area contributed by atoms with Crippen LogP contribution in [-0.2, 0) is 0 Å². The van der Waals surface area contributed by atoms with E-state index in [-0.39, 0.29) is 0 Å². The molecule has 2 aromatic carbocycles. The van der Waals surface area contributed by atoms with Crippen LogP contribution in [0, 0.1) is 0 Å². The fourth-order valence-electron chi connectivity index (χ4n) is 2.93. The van der Waals surface area contributed by atoms with Gasteiger partial charge in [0.2, 0.25) is 0 Å². The summed E-state index contributed by atoms with van der Waals surface area (Å²) >= 11 is 0. The summed E-state index contributed by atoms with van der Waals surface area (Å²) in [7, 11) is 0. The fraction of sp³-hybridized carbons (Fsp3) is 0.316. The number of rotatable bonds is 3. The van der Waals surface area contributed by atoms with Crippen molar-refractivity contribution < 1.29 is 0 Å². The van der Waals surface area contributed by atoms with Gasteiger partial charge in [-0.2, -0.15) is 0 Å². The van der Waals surface area contributed by atoms with Crippen LogP contribution in [0.3, 0.4) is 0 Å². The molecule has 2 aromatic rings. The first kappa shape index (κ1) is 14.6. The van der Waals surface area contributed by atoms with Crippen LogP contribution >= 0.6 is 0 Å². The summed E-state index contributed by atoms with van der Waals surface area (Å²) in [4.78, 5) is 4.99. The first-order chi connectivity index (χ1) is 10.8. The standard InChI is InChI=1S/C19H23N3/c20-18-14-8-7-13-17(18)19(21-15-9-3-1-4-10-15)22-16-11-5-2-6-12-16/h1,3-4,7-10,13-14,16H,2,5-6,11-12,20H2,(H,21,22). The molecule has 3 nitrogen and oxygen atoms in total. The minimum atomic E-state index is 0.402. The van der Waals surface area contributed by atoms with E-state index in [0.717, 1.165) is 22.8 Å². The zero-order valence-electron chi connectivity index (χ0n) is 12.8. The molecule has 1 aliphatic rings. The molecule has 3 N–H and O–H groups in total. The number of nitrogen functional groups attached to an aromatic ring is 1. The van der Waals surface area contributed by atoms with Crippen LogP contribution in [0.1, 0.15) is 37.7 Å². The highest BCUT2D eigenvalue weighted by atomic mass is 15.0. The van der Waals surface area contributed by atoms with Crippen molar-refractivity contribution in [3.05, 3.63) is 60.2 Å². The molecule has 114 valence electrons. The zero-order valence-corrected chi connectivity index (χ0v) is 12.8. The molecule has 1 fully saturated rings. The van der Waals surface area contributed by atoms with Gasteiger partial charge in [0.1, 0.15) is 5.84 Å². The van der Waals surface area contributed by atoms with E-state index in [2.05, 4.69) is 17.4 Å². The van der Waals surface area contributed by atoms with Crippen LogP contribution in [0.25, 0.3) is 0 Å². The van der Waals surface area contributed by atoms with Crippen molar-refractivity contribution in [1.29, 1.82) is 0 Å². The van der Waals surface area contributed by atoms with Gasteiger partial charge < -0.3 is 11.1 Å². The molecule has 0 atom stereocenters. The van der Waals surface area contributed by atoms with Gasteiger partial charge in [-0.25, -0.2) is 0 Å². The number of hydrogen-bond acceptors (Lipinski definition) is 2. The predicted octanol–water partition coefficient (Wildman–Crippen LogP) is 4.46. The van der Waals surface area contributed by atoms with Crippen molar-refractivity contribution >= 4 is 17.2 Å². The van der Waals surface area contributed by atoms with Gasteiger partial charge in [-0.3, -0.25) is 4.99 Å². The average Bonchev–Trinajstić information content (AvgIpc) is 2.57. The number of nitrogens with two attached hydrogens (primary N) is 1. The Morgan fingerprint density at radius 1 is 0.909 bits per heavy atom. The number of nitrogens with one attached hydrogen (secondary N) is 1. The summed E-state index contributed by atoms with van der Waals surface area (Å²) in [6.45, 7) is 0. The largest absolute Gasteiger partial charge is 0.398 e. The molecule has 3 rings (SSSR count). The van der Waals surface area contributed by atoms with E-state index in [0.29, 0.717) is 6.04 Å². The third kappa shape index (κ3) is 3.67. The Hall–Kier alpha value is -2.29. The highest BCUT2D eigenvalue weighted by Gasteiger charge is 2.15. The molecule has 22 heavy (non-hydrogen) atoms. The highest BCUT2D eigenvalue weighted by Crippen LogP contribution is 2.23.